The van der Waals surface area contributed by atoms with Crippen molar-refractivity contribution in [2.75, 3.05) is 19.3 Å². The molecule has 0 radical (unpaired) electrons. The van der Waals surface area contributed by atoms with Crippen molar-refractivity contribution >= 4 is 33.5 Å². The Labute approximate surface area is 128 Å². The minimum atomic E-state index is -3.24. The van der Waals surface area contributed by atoms with Crippen LogP contribution in [0.2, 0.25) is 0 Å². The van der Waals surface area contributed by atoms with Gasteiger partial charge in [0.15, 0.2) is 0 Å². The lowest BCUT2D eigenvalue weighted by Gasteiger charge is -2.29. The molecule has 1 N–H and O–H groups in total. The number of nitrogens with zero attached hydrogens (tertiary/aromatic N) is 2. The largest absolute Gasteiger partial charge is 0.273 e. The van der Waals surface area contributed by atoms with E-state index in [4.69, 9.17) is 0 Å². The topological polar surface area (TPSA) is 78.8 Å². The number of amides is 1. The number of nitrogens with one attached hydrogen (secondary N) is 1. The minimum absolute atomic E-state index is 0.229. The van der Waals surface area contributed by atoms with Crippen LogP contribution in [0.25, 0.3) is 0 Å². The molecule has 0 bridgehead atoms. The molecule has 21 heavy (non-hydrogen) atoms. The molecule has 1 aliphatic heterocycles. The van der Waals surface area contributed by atoms with Crippen molar-refractivity contribution in [1.29, 1.82) is 0 Å². The van der Waals surface area contributed by atoms with Crippen LogP contribution in [0.15, 0.2) is 17.2 Å². The van der Waals surface area contributed by atoms with Crippen molar-refractivity contribution < 1.29 is 13.2 Å². The average Bonchev–Trinajstić information content (AvgIpc) is 2.83. The number of carbonyl (C=O) groups excluding carboxylic acids is 1. The molecular weight excluding hydrogens is 310 g/mol. The summed E-state index contributed by atoms with van der Waals surface area (Å²) < 4.78 is 24.4. The number of hydrogen-bond donors (Lipinski definition) is 1. The quantitative estimate of drug-likeness (QED) is 0.665. The summed E-state index contributed by atoms with van der Waals surface area (Å²) in [4.78, 5) is 14.2. The molecule has 1 saturated heterocycles. The van der Waals surface area contributed by atoms with Gasteiger partial charge in [0.25, 0.3) is 0 Å². The summed E-state index contributed by atoms with van der Waals surface area (Å²) >= 11 is 1.59. The van der Waals surface area contributed by atoms with E-state index < -0.39 is 10.0 Å². The molecule has 0 saturated carbocycles. The average molecular weight is 329 g/mol. The third-order valence-corrected chi connectivity index (χ3v) is 5.56. The van der Waals surface area contributed by atoms with Gasteiger partial charge in [-0.05, 0) is 31.9 Å². The van der Waals surface area contributed by atoms with E-state index in [0.717, 1.165) is 4.88 Å². The highest BCUT2D eigenvalue weighted by Gasteiger charge is 2.29. The Morgan fingerprint density at radius 2 is 2.29 bits per heavy atom. The van der Waals surface area contributed by atoms with Gasteiger partial charge < -0.3 is 0 Å². The molecule has 2 rings (SSSR count). The van der Waals surface area contributed by atoms with Gasteiger partial charge in [-0.2, -0.15) is 5.10 Å². The number of rotatable bonds is 4. The van der Waals surface area contributed by atoms with Crippen molar-refractivity contribution in [1.82, 2.24) is 9.73 Å². The second-order valence-corrected chi connectivity index (χ2v) is 8.44. The Morgan fingerprint density at radius 3 is 2.90 bits per heavy atom. The summed E-state index contributed by atoms with van der Waals surface area (Å²) in [7, 11) is -3.24. The van der Waals surface area contributed by atoms with E-state index >= 15 is 0 Å². The molecule has 1 aliphatic rings. The predicted octanol–water partition coefficient (Wildman–Crippen LogP) is 1.18. The monoisotopic (exact) mass is 329 g/mol. The molecule has 1 aromatic heterocycles. The fourth-order valence-electron chi connectivity index (χ4n) is 2.23. The highest BCUT2D eigenvalue weighted by molar-refractivity contribution is 7.88. The van der Waals surface area contributed by atoms with Gasteiger partial charge in [-0.15, -0.1) is 11.3 Å². The first-order chi connectivity index (χ1) is 9.86. The van der Waals surface area contributed by atoms with Crippen molar-refractivity contribution in [2.24, 2.45) is 11.0 Å². The van der Waals surface area contributed by atoms with Gasteiger partial charge >= 0.3 is 0 Å². The molecule has 2 heterocycles. The summed E-state index contributed by atoms with van der Waals surface area (Å²) in [6.07, 6.45) is 4.15. The molecular formula is C13H19N3O3S2. The van der Waals surface area contributed by atoms with E-state index in [2.05, 4.69) is 10.5 Å². The number of carbonyl (C=O) groups is 1. The first-order valence-electron chi connectivity index (χ1n) is 6.71. The zero-order valence-electron chi connectivity index (χ0n) is 12.1. The normalized spacial score (nSPS) is 20.8. The Balaban J connectivity index is 1.89. The Morgan fingerprint density at radius 1 is 1.52 bits per heavy atom. The van der Waals surface area contributed by atoms with Crippen LogP contribution in [0.4, 0.5) is 0 Å². The van der Waals surface area contributed by atoms with E-state index in [-0.39, 0.29) is 18.4 Å². The molecule has 116 valence electrons. The first kappa shape index (κ1) is 16.1. The zero-order valence-corrected chi connectivity index (χ0v) is 13.7. The summed E-state index contributed by atoms with van der Waals surface area (Å²) in [5.41, 5.74) is 2.50. The Bertz CT molecular complexity index is 637. The number of hydrazone groups is 1. The van der Waals surface area contributed by atoms with Gasteiger partial charge in [-0.3, -0.25) is 4.79 Å². The fraction of sp³-hybridized carbons (Fsp3) is 0.538. The summed E-state index contributed by atoms with van der Waals surface area (Å²) in [5.74, 6) is -0.566. The zero-order chi connectivity index (χ0) is 15.5. The fourth-order valence-corrected chi connectivity index (χ4v) is 3.89. The van der Waals surface area contributed by atoms with Gasteiger partial charge in [0.05, 0.1) is 18.4 Å². The Hall–Kier alpha value is -1.25. The summed E-state index contributed by atoms with van der Waals surface area (Å²) in [6, 6.07) is 3.92. The lowest BCUT2D eigenvalue weighted by molar-refractivity contribution is -0.126. The Kier molecular flexibility index (Phi) is 5.13. The molecule has 1 amide bonds. The molecule has 8 heteroatoms. The standard InChI is InChI=1S/C13H19N3O3S2/c1-10-5-6-12(20-10)8-14-15-13(17)11-4-3-7-16(9-11)21(2,18)19/h5-6,8,11H,3-4,7,9H2,1-2H3,(H,15,17)/b14-8-/t11-/m1/s1. The third kappa shape index (κ3) is 4.62. The maximum absolute atomic E-state index is 12.0. The van der Waals surface area contributed by atoms with Gasteiger partial charge in [0.1, 0.15) is 0 Å². The number of hydrogen-bond acceptors (Lipinski definition) is 5. The lowest BCUT2D eigenvalue weighted by atomic mass is 9.99. The maximum Gasteiger partial charge on any atom is 0.244 e. The van der Waals surface area contributed by atoms with Crippen molar-refractivity contribution in [2.45, 2.75) is 19.8 Å². The summed E-state index contributed by atoms with van der Waals surface area (Å²) in [6.45, 7) is 2.72. The molecule has 0 aliphatic carbocycles. The molecule has 0 spiro atoms. The summed E-state index contributed by atoms with van der Waals surface area (Å²) in [5, 5.41) is 3.94. The van der Waals surface area contributed by atoms with E-state index in [1.54, 1.807) is 17.6 Å². The van der Waals surface area contributed by atoms with E-state index in [0.29, 0.717) is 19.4 Å². The molecule has 6 nitrogen and oxygen atoms in total. The van der Waals surface area contributed by atoms with Gasteiger partial charge in [-0.25, -0.2) is 18.1 Å². The smallest absolute Gasteiger partial charge is 0.244 e. The number of aryl methyl sites for hydroxylation is 1. The van der Waals surface area contributed by atoms with Crippen molar-refractivity contribution in [3.63, 3.8) is 0 Å². The number of piperidine rings is 1. The van der Waals surface area contributed by atoms with Crippen LogP contribution in [0, 0.1) is 12.8 Å². The predicted molar refractivity (Wildman–Crippen MR) is 83.9 cm³/mol. The minimum Gasteiger partial charge on any atom is -0.273 e. The van der Waals surface area contributed by atoms with Crippen molar-refractivity contribution in [3.05, 3.63) is 21.9 Å². The van der Waals surface area contributed by atoms with Crippen LogP contribution in [0.1, 0.15) is 22.6 Å². The molecule has 1 aromatic rings. The molecule has 0 unspecified atom stereocenters. The highest BCUT2D eigenvalue weighted by Crippen LogP contribution is 2.18. The highest BCUT2D eigenvalue weighted by atomic mass is 32.2. The van der Waals surface area contributed by atoms with Gasteiger partial charge in [0.2, 0.25) is 15.9 Å². The number of thiophene rings is 1. The maximum atomic E-state index is 12.0. The lowest BCUT2D eigenvalue weighted by Crippen LogP contribution is -2.44. The van der Waals surface area contributed by atoms with Crippen LogP contribution in [-0.4, -0.2) is 44.2 Å². The van der Waals surface area contributed by atoms with Crippen LogP contribution in [-0.2, 0) is 14.8 Å². The SMILES string of the molecule is Cc1ccc(/C=N\NC(=O)[C@@H]2CCCN(S(C)(=O)=O)C2)s1. The first-order valence-corrected chi connectivity index (χ1v) is 9.37. The van der Waals surface area contributed by atoms with E-state index in [1.165, 1.54) is 15.4 Å². The molecule has 1 fully saturated rings. The van der Waals surface area contributed by atoms with Crippen LogP contribution >= 0.6 is 11.3 Å². The second-order valence-electron chi connectivity index (χ2n) is 5.14. The second kappa shape index (κ2) is 6.67. The molecule has 1 atom stereocenters. The van der Waals surface area contributed by atoms with Crippen LogP contribution < -0.4 is 5.43 Å². The third-order valence-electron chi connectivity index (χ3n) is 3.35. The van der Waals surface area contributed by atoms with Crippen molar-refractivity contribution in [3.8, 4) is 0 Å². The van der Waals surface area contributed by atoms with E-state index in [1.807, 2.05) is 19.1 Å². The molecule has 0 aromatic carbocycles. The van der Waals surface area contributed by atoms with E-state index in [9.17, 15) is 13.2 Å². The van der Waals surface area contributed by atoms with Gasteiger partial charge in [-0.1, -0.05) is 0 Å². The van der Waals surface area contributed by atoms with Crippen LogP contribution in [0.3, 0.4) is 0 Å². The van der Waals surface area contributed by atoms with Gasteiger partial charge in [0, 0.05) is 22.8 Å². The van der Waals surface area contributed by atoms with Crippen LogP contribution in [0.5, 0.6) is 0 Å². The number of sulfonamides is 1.